The second-order valence-corrected chi connectivity index (χ2v) is 6.27. The summed E-state index contributed by atoms with van der Waals surface area (Å²) in [5, 5.41) is 0. The van der Waals surface area contributed by atoms with Gasteiger partial charge in [0, 0.05) is 11.6 Å². The third-order valence-corrected chi connectivity index (χ3v) is 4.00. The van der Waals surface area contributed by atoms with E-state index >= 15 is 0 Å². The van der Waals surface area contributed by atoms with Gasteiger partial charge in [-0.2, -0.15) is 0 Å². The molecule has 2 N–H and O–H groups in total. The SMILES string of the molecule is O=C(NNS(=O)(=O)c1cccc(OC(F)(F)F)c1)c1ccc(F)cc1. The zero-order chi connectivity index (χ0) is 18.7. The van der Waals surface area contributed by atoms with Gasteiger partial charge in [0.25, 0.3) is 15.9 Å². The van der Waals surface area contributed by atoms with Gasteiger partial charge < -0.3 is 4.74 Å². The number of benzene rings is 2. The molecule has 2 aromatic carbocycles. The van der Waals surface area contributed by atoms with Gasteiger partial charge in [-0.15, -0.1) is 18.0 Å². The molecular formula is C14H10F4N2O4S. The molecule has 0 radical (unpaired) electrons. The lowest BCUT2D eigenvalue weighted by Gasteiger charge is -2.11. The van der Waals surface area contributed by atoms with Crippen LogP contribution in [0.2, 0.25) is 0 Å². The summed E-state index contributed by atoms with van der Waals surface area (Å²) >= 11 is 0. The second-order valence-electron chi connectivity index (χ2n) is 4.59. The van der Waals surface area contributed by atoms with E-state index in [1.807, 2.05) is 5.43 Å². The first-order chi connectivity index (χ1) is 11.6. The van der Waals surface area contributed by atoms with E-state index in [-0.39, 0.29) is 5.56 Å². The normalized spacial score (nSPS) is 11.8. The fourth-order valence-electron chi connectivity index (χ4n) is 1.68. The number of ether oxygens (including phenoxy) is 1. The molecule has 1 amide bonds. The van der Waals surface area contributed by atoms with Crippen LogP contribution < -0.4 is 15.0 Å². The van der Waals surface area contributed by atoms with Crippen LogP contribution in [0.1, 0.15) is 10.4 Å². The van der Waals surface area contributed by atoms with Gasteiger partial charge in [-0.25, -0.2) is 12.8 Å². The lowest BCUT2D eigenvalue weighted by Crippen LogP contribution is -2.41. The van der Waals surface area contributed by atoms with Gasteiger partial charge in [0.15, 0.2) is 0 Å². The van der Waals surface area contributed by atoms with Crippen LogP contribution in [0, 0.1) is 5.82 Å². The zero-order valence-electron chi connectivity index (χ0n) is 12.2. The highest BCUT2D eigenvalue weighted by Crippen LogP contribution is 2.24. The number of hydrogen-bond donors (Lipinski definition) is 2. The van der Waals surface area contributed by atoms with Gasteiger partial charge in [-0.3, -0.25) is 10.2 Å². The summed E-state index contributed by atoms with van der Waals surface area (Å²) in [5.74, 6) is -2.20. The maximum absolute atomic E-state index is 12.8. The first kappa shape index (κ1) is 18.7. The van der Waals surface area contributed by atoms with E-state index in [9.17, 15) is 30.8 Å². The van der Waals surface area contributed by atoms with Gasteiger partial charge >= 0.3 is 6.36 Å². The summed E-state index contributed by atoms with van der Waals surface area (Å²) < 4.78 is 76.9. The molecule has 0 aromatic heterocycles. The van der Waals surface area contributed by atoms with Crippen LogP contribution in [0.25, 0.3) is 0 Å². The number of amides is 1. The molecule has 0 bridgehead atoms. The highest BCUT2D eigenvalue weighted by atomic mass is 32.2. The highest BCUT2D eigenvalue weighted by molar-refractivity contribution is 7.89. The van der Waals surface area contributed by atoms with Gasteiger partial charge in [-0.05, 0) is 36.4 Å². The van der Waals surface area contributed by atoms with Crippen molar-refractivity contribution in [3.05, 3.63) is 59.9 Å². The Bertz CT molecular complexity index is 867. The van der Waals surface area contributed by atoms with Crippen molar-refractivity contribution in [1.82, 2.24) is 10.3 Å². The quantitative estimate of drug-likeness (QED) is 0.618. The molecule has 0 fully saturated rings. The predicted molar refractivity (Wildman–Crippen MR) is 77.3 cm³/mol. The molecule has 25 heavy (non-hydrogen) atoms. The summed E-state index contributed by atoms with van der Waals surface area (Å²) in [4.78, 5) is 12.9. The molecule has 0 aliphatic heterocycles. The van der Waals surface area contributed by atoms with E-state index in [1.54, 1.807) is 4.83 Å². The van der Waals surface area contributed by atoms with Crippen LogP contribution in [-0.4, -0.2) is 20.7 Å². The smallest absolute Gasteiger partial charge is 0.406 e. The summed E-state index contributed by atoms with van der Waals surface area (Å²) in [7, 11) is -4.35. The minimum atomic E-state index is -4.98. The van der Waals surface area contributed by atoms with E-state index in [1.165, 1.54) is 0 Å². The number of nitrogens with one attached hydrogen (secondary N) is 2. The standard InChI is InChI=1S/C14H10F4N2O4S/c15-10-6-4-9(5-7-10)13(21)19-20-25(22,23)12-3-1-2-11(8-12)24-14(16,17)18/h1-8,20H,(H,19,21). The molecule has 2 rings (SSSR count). The van der Waals surface area contributed by atoms with Crippen molar-refractivity contribution in [3.63, 3.8) is 0 Å². The Morgan fingerprint density at radius 1 is 1.04 bits per heavy atom. The van der Waals surface area contributed by atoms with Crippen molar-refractivity contribution in [1.29, 1.82) is 0 Å². The summed E-state index contributed by atoms with van der Waals surface area (Å²) in [5.41, 5.74) is 1.83. The molecule has 2 aromatic rings. The van der Waals surface area contributed by atoms with Gasteiger partial charge in [-0.1, -0.05) is 6.07 Å². The predicted octanol–water partition coefficient (Wildman–Crippen LogP) is 2.35. The maximum Gasteiger partial charge on any atom is 0.573 e. The van der Waals surface area contributed by atoms with Crippen molar-refractivity contribution < 1.29 is 35.5 Å². The largest absolute Gasteiger partial charge is 0.573 e. The molecule has 0 aliphatic carbocycles. The monoisotopic (exact) mass is 378 g/mol. The lowest BCUT2D eigenvalue weighted by molar-refractivity contribution is -0.274. The van der Waals surface area contributed by atoms with Crippen LogP contribution in [0.5, 0.6) is 5.75 Å². The number of carbonyl (C=O) groups is 1. The average Bonchev–Trinajstić information content (AvgIpc) is 2.52. The molecule has 0 aliphatic rings. The molecule has 134 valence electrons. The number of carbonyl (C=O) groups excluding carboxylic acids is 1. The number of rotatable bonds is 5. The zero-order valence-corrected chi connectivity index (χ0v) is 13.0. The van der Waals surface area contributed by atoms with Crippen LogP contribution in [0.15, 0.2) is 53.4 Å². The Morgan fingerprint density at radius 3 is 2.28 bits per heavy atom. The minimum absolute atomic E-state index is 0.0294. The van der Waals surface area contributed by atoms with Crippen LogP contribution in [0.3, 0.4) is 0 Å². The number of halogens is 4. The molecule has 6 nitrogen and oxygen atoms in total. The average molecular weight is 378 g/mol. The van der Waals surface area contributed by atoms with Crippen molar-refractivity contribution in [2.24, 2.45) is 0 Å². The van der Waals surface area contributed by atoms with Gasteiger partial charge in [0.2, 0.25) is 0 Å². The number of sulfonamides is 1. The van der Waals surface area contributed by atoms with E-state index < -0.39 is 38.8 Å². The summed E-state index contributed by atoms with van der Waals surface area (Å²) in [6, 6.07) is 7.85. The third-order valence-electron chi connectivity index (χ3n) is 2.75. The van der Waals surface area contributed by atoms with Crippen molar-refractivity contribution >= 4 is 15.9 Å². The Morgan fingerprint density at radius 2 is 1.68 bits per heavy atom. The maximum atomic E-state index is 12.8. The highest BCUT2D eigenvalue weighted by Gasteiger charge is 2.31. The van der Waals surface area contributed by atoms with Crippen molar-refractivity contribution in [2.75, 3.05) is 0 Å². The lowest BCUT2D eigenvalue weighted by atomic mass is 10.2. The number of hydrogen-bond acceptors (Lipinski definition) is 4. The van der Waals surface area contributed by atoms with Crippen molar-refractivity contribution in [2.45, 2.75) is 11.3 Å². The number of hydrazine groups is 1. The van der Waals surface area contributed by atoms with Crippen LogP contribution in [-0.2, 0) is 10.0 Å². The number of alkyl halides is 3. The van der Waals surface area contributed by atoms with E-state index in [0.29, 0.717) is 6.07 Å². The molecule has 0 heterocycles. The Hall–Kier alpha value is -2.66. The molecule has 0 saturated carbocycles. The van der Waals surface area contributed by atoms with Crippen LogP contribution in [0.4, 0.5) is 17.6 Å². The first-order valence-electron chi connectivity index (χ1n) is 6.50. The third kappa shape index (κ3) is 5.43. The summed E-state index contributed by atoms with van der Waals surface area (Å²) in [6.07, 6.45) is -4.98. The summed E-state index contributed by atoms with van der Waals surface area (Å²) in [6.45, 7) is 0. The molecule has 0 atom stereocenters. The van der Waals surface area contributed by atoms with E-state index in [0.717, 1.165) is 42.5 Å². The molecule has 11 heteroatoms. The Balaban J connectivity index is 2.10. The Labute approximate surface area is 139 Å². The first-order valence-corrected chi connectivity index (χ1v) is 7.99. The Kier molecular flexibility index (Phi) is 5.28. The molecule has 0 spiro atoms. The molecule has 0 saturated heterocycles. The molecular weight excluding hydrogens is 368 g/mol. The fraction of sp³-hybridized carbons (Fsp3) is 0.0714. The minimum Gasteiger partial charge on any atom is -0.406 e. The second kappa shape index (κ2) is 7.07. The molecule has 0 unspecified atom stereocenters. The topological polar surface area (TPSA) is 84.5 Å². The van der Waals surface area contributed by atoms with E-state index in [4.69, 9.17) is 0 Å². The fourth-order valence-corrected chi connectivity index (χ4v) is 2.56. The van der Waals surface area contributed by atoms with Gasteiger partial charge in [0.1, 0.15) is 11.6 Å². The van der Waals surface area contributed by atoms with Gasteiger partial charge in [0.05, 0.1) is 4.90 Å². The van der Waals surface area contributed by atoms with E-state index in [2.05, 4.69) is 4.74 Å². The van der Waals surface area contributed by atoms with Crippen molar-refractivity contribution in [3.8, 4) is 5.75 Å². The van der Waals surface area contributed by atoms with Crippen LogP contribution >= 0.6 is 0 Å².